The number of amides is 3. The zero-order valence-electron chi connectivity index (χ0n) is 17.4. The number of carbonyl (C=O) groups excluding carboxylic acids is 3. The summed E-state index contributed by atoms with van der Waals surface area (Å²) >= 11 is 0. The van der Waals surface area contributed by atoms with Gasteiger partial charge in [0, 0.05) is 18.2 Å². The summed E-state index contributed by atoms with van der Waals surface area (Å²) in [6.45, 7) is 1.43. The van der Waals surface area contributed by atoms with Crippen LogP contribution in [0.15, 0.2) is 95.7 Å². The topological polar surface area (TPSA) is 99.7 Å². The van der Waals surface area contributed by atoms with Gasteiger partial charge in [-0.15, -0.1) is 0 Å². The van der Waals surface area contributed by atoms with Crippen LogP contribution in [0.3, 0.4) is 0 Å². The van der Waals surface area contributed by atoms with Crippen LogP contribution in [-0.2, 0) is 9.59 Å². The highest BCUT2D eigenvalue weighted by Crippen LogP contribution is 2.09. The van der Waals surface area contributed by atoms with Crippen LogP contribution >= 0.6 is 0 Å². The highest BCUT2D eigenvalue weighted by molar-refractivity contribution is 6.05. The molecular weight excluding hydrogens is 404 g/mol. The third-order valence-corrected chi connectivity index (χ3v) is 4.25. The van der Waals surface area contributed by atoms with E-state index < -0.39 is 11.8 Å². The Balaban J connectivity index is 1.72. The van der Waals surface area contributed by atoms with E-state index in [0.29, 0.717) is 11.3 Å². The van der Waals surface area contributed by atoms with Gasteiger partial charge in [-0.25, -0.2) is 5.43 Å². The lowest BCUT2D eigenvalue weighted by Gasteiger charge is -2.09. The SMILES string of the molecule is CC(=O)Nc1ccc(/C=N/NC(=O)/C(=C\c2ccccc2)NC(=O)c2ccccc2)cc1. The predicted octanol–water partition coefficient (Wildman–Crippen LogP) is 3.57. The van der Waals surface area contributed by atoms with Crippen LogP contribution in [0.25, 0.3) is 6.08 Å². The molecular formula is C25H22N4O3. The minimum atomic E-state index is -0.566. The maximum absolute atomic E-state index is 12.7. The van der Waals surface area contributed by atoms with Crippen molar-refractivity contribution >= 4 is 35.7 Å². The number of carbonyl (C=O) groups is 3. The zero-order valence-corrected chi connectivity index (χ0v) is 17.4. The summed E-state index contributed by atoms with van der Waals surface area (Å²) in [6, 6.07) is 24.8. The molecule has 0 saturated carbocycles. The third-order valence-electron chi connectivity index (χ3n) is 4.25. The van der Waals surface area contributed by atoms with Crippen molar-refractivity contribution in [2.75, 3.05) is 5.32 Å². The van der Waals surface area contributed by atoms with Gasteiger partial charge in [0.15, 0.2) is 0 Å². The lowest BCUT2D eigenvalue weighted by Crippen LogP contribution is -2.32. The van der Waals surface area contributed by atoms with Crippen molar-refractivity contribution < 1.29 is 14.4 Å². The van der Waals surface area contributed by atoms with Gasteiger partial charge in [-0.05, 0) is 41.5 Å². The standard InChI is InChI=1S/C25H22N4O3/c1-18(30)27-22-14-12-20(13-15-22)17-26-29-25(32)23(16-19-8-4-2-5-9-19)28-24(31)21-10-6-3-7-11-21/h2-17H,1H3,(H,27,30)(H,28,31)(H,29,32)/b23-16+,26-17+. The van der Waals surface area contributed by atoms with E-state index in [4.69, 9.17) is 0 Å². The van der Waals surface area contributed by atoms with E-state index in [0.717, 1.165) is 11.1 Å². The maximum atomic E-state index is 12.7. The minimum absolute atomic E-state index is 0.0585. The maximum Gasteiger partial charge on any atom is 0.287 e. The molecule has 0 aliphatic carbocycles. The normalized spacial score (nSPS) is 11.1. The van der Waals surface area contributed by atoms with Gasteiger partial charge in [-0.2, -0.15) is 5.10 Å². The molecule has 3 aromatic carbocycles. The molecule has 0 aromatic heterocycles. The highest BCUT2D eigenvalue weighted by Gasteiger charge is 2.14. The van der Waals surface area contributed by atoms with Crippen LogP contribution in [-0.4, -0.2) is 23.9 Å². The molecule has 3 N–H and O–H groups in total. The fraction of sp³-hybridized carbons (Fsp3) is 0.0400. The summed E-state index contributed by atoms with van der Waals surface area (Å²) in [4.78, 5) is 36.4. The molecule has 7 nitrogen and oxygen atoms in total. The molecule has 0 aliphatic heterocycles. The van der Waals surface area contributed by atoms with E-state index in [9.17, 15) is 14.4 Å². The van der Waals surface area contributed by atoms with Crippen molar-refractivity contribution in [1.29, 1.82) is 0 Å². The first kappa shape index (κ1) is 22.2. The molecule has 0 heterocycles. The molecule has 0 radical (unpaired) electrons. The molecule has 0 fully saturated rings. The minimum Gasteiger partial charge on any atom is -0.326 e. The van der Waals surface area contributed by atoms with Gasteiger partial charge in [0.2, 0.25) is 5.91 Å². The van der Waals surface area contributed by atoms with E-state index in [1.807, 2.05) is 36.4 Å². The van der Waals surface area contributed by atoms with Crippen LogP contribution in [0.5, 0.6) is 0 Å². The predicted molar refractivity (Wildman–Crippen MR) is 125 cm³/mol. The second-order valence-electron chi connectivity index (χ2n) is 6.79. The first-order valence-corrected chi connectivity index (χ1v) is 9.85. The van der Waals surface area contributed by atoms with Gasteiger partial charge in [0.05, 0.1) is 6.21 Å². The van der Waals surface area contributed by atoms with E-state index in [1.54, 1.807) is 54.6 Å². The van der Waals surface area contributed by atoms with E-state index in [1.165, 1.54) is 13.1 Å². The van der Waals surface area contributed by atoms with Gasteiger partial charge in [-0.1, -0.05) is 60.7 Å². The summed E-state index contributed by atoms with van der Waals surface area (Å²) < 4.78 is 0. The Morgan fingerprint density at radius 3 is 2.03 bits per heavy atom. The van der Waals surface area contributed by atoms with E-state index in [2.05, 4.69) is 21.2 Å². The molecule has 0 bridgehead atoms. The number of benzene rings is 3. The van der Waals surface area contributed by atoms with Gasteiger partial charge in [-0.3, -0.25) is 14.4 Å². The average molecular weight is 426 g/mol. The lowest BCUT2D eigenvalue weighted by molar-refractivity contribution is -0.117. The Hall–Kier alpha value is -4.52. The first-order valence-electron chi connectivity index (χ1n) is 9.85. The Kier molecular flexibility index (Phi) is 7.64. The summed E-state index contributed by atoms with van der Waals surface area (Å²) in [5, 5.41) is 9.30. The van der Waals surface area contributed by atoms with Crippen molar-refractivity contribution in [3.63, 3.8) is 0 Å². The number of hydrogen-bond donors (Lipinski definition) is 3. The van der Waals surface area contributed by atoms with Gasteiger partial charge >= 0.3 is 0 Å². The Labute approximate surface area is 185 Å². The van der Waals surface area contributed by atoms with Crippen molar-refractivity contribution in [1.82, 2.24) is 10.7 Å². The Morgan fingerprint density at radius 2 is 1.41 bits per heavy atom. The van der Waals surface area contributed by atoms with Crippen LogP contribution < -0.4 is 16.1 Å². The van der Waals surface area contributed by atoms with Crippen molar-refractivity contribution in [3.05, 3.63) is 107 Å². The fourth-order valence-electron chi connectivity index (χ4n) is 2.74. The fourth-order valence-corrected chi connectivity index (χ4v) is 2.74. The molecule has 0 spiro atoms. The number of nitrogens with zero attached hydrogens (tertiary/aromatic N) is 1. The Morgan fingerprint density at radius 1 is 0.781 bits per heavy atom. The average Bonchev–Trinajstić information content (AvgIpc) is 2.80. The summed E-state index contributed by atoms with van der Waals surface area (Å²) in [6.07, 6.45) is 3.04. The molecule has 3 amide bonds. The number of hydrazone groups is 1. The van der Waals surface area contributed by atoms with Crippen LogP contribution in [0.2, 0.25) is 0 Å². The zero-order chi connectivity index (χ0) is 22.8. The smallest absolute Gasteiger partial charge is 0.287 e. The molecule has 3 aromatic rings. The van der Waals surface area contributed by atoms with Gasteiger partial charge < -0.3 is 10.6 Å². The molecule has 32 heavy (non-hydrogen) atoms. The molecule has 0 unspecified atom stereocenters. The quantitative estimate of drug-likeness (QED) is 0.306. The van der Waals surface area contributed by atoms with Crippen molar-refractivity contribution in [2.24, 2.45) is 5.10 Å². The molecule has 0 saturated heterocycles. The number of nitrogens with one attached hydrogen (secondary N) is 3. The number of anilines is 1. The molecule has 160 valence electrons. The summed E-state index contributed by atoms with van der Waals surface area (Å²) in [5.41, 5.74) is 5.06. The molecule has 0 aliphatic rings. The third kappa shape index (κ3) is 6.77. The van der Waals surface area contributed by atoms with Gasteiger partial charge in [0.25, 0.3) is 11.8 Å². The summed E-state index contributed by atoms with van der Waals surface area (Å²) in [5.74, 6) is -1.13. The van der Waals surface area contributed by atoms with Gasteiger partial charge in [0.1, 0.15) is 5.70 Å². The number of hydrogen-bond acceptors (Lipinski definition) is 4. The monoisotopic (exact) mass is 426 g/mol. The van der Waals surface area contributed by atoms with E-state index in [-0.39, 0.29) is 11.6 Å². The first-order chi connectivity index (χ1) is 15.5. The number of rotatable bonds is 7. The van der Waals surface area contributed by atoms with Crippen LogP contribution in [0.1, 0.15) is 28.4 Å². The summed E-state index contributed by atoms with van der Waals surface area (Å²) in [7, 11) is 0. The van der Waals surface area contributed by atoms with Crippen LogP contribution in [0.4, 0.5) is 5.69 Å². The van der Waals surface area contributed by atoms with Crippen LogP contribution in [0, 0.1) is 0 Å². The second-order valence-corrected chi connectivity index (χ2v) is 6.79. The lowest BCUT2D eigenvalue weighted by atomic mass is 10.1. The molecule has 7 heteroatoms. The Bertz CT molecular complexity index is 1140. The second kappa shape index (κ2) is 11.0. The molecule has 0 atom stereocenters. The van der Waals surface area contributed by atoms with Crippen molar-refractivity contribution in [2.45, 2.75) is 6.92 Å². The van der Waals surface area contributed by atoms with E-state index >= 15 is 0 Å². The highest BCUT2D eigenvalue weighted by atomic mass is 16.2. The molecule has 3 rings (SSSR count). The van der Waals surface area contributed by atoms with Crippen molar-refractivity contribution in [3.8, 4) is 0 Å². The largest absolute Gasteiger partial charge is 0.326 e.